The molecule has 0 unspecified atom stereocenters. The first-order chi connectivity index (χ1) is 11.5. The number of likely N-dealkylation sites (N-methyl/N-ethyl adjacent to an activating group) is 1. The molecule has 3 heterocycles. The standard InChI is InChI=1S/C17H26N6O/c1-12(2)17(24)22-8-5-13(11-22)14-15-16(19-7-6-18-15)23(20-14)10-9-21(3)4/h6-7,12-13H,5,8-11H2,1-4H3/t13-/m0/s1. The van der Waals surface area contributed by atoms with Crippen molar-refractivity contribution in [3.8, 4) is 0 Å². The Labute approximate surface area is 142 Å². The van der Waals surface area contributed by atoms with Crippen LogP contribution in [0.5, 0.6) is 0 Å². The highest BCUT2D eigenvalue weighted by molar-refractivity contribution is 5.79. The van der Waals surface area contributed by atoms with Gasteiger partial charge in [0.1, 0.15) is 5.52 Å². The van der Waals surface area contributed by atoms with Crippen LogP contribution in [0, 0.1) is 5.92 Å². The fraction of sp³-hybridized carbons (Fsp3) is 0.647. The van der Waals surface area contributed by atoms with Crippen molar-refractivity contribution >= 4 is 17.1 Å². The van der Waals surface area contributed by atoms with Crippen LogP contribution in [0.15, 0.2) is 12.4 Å². The van der Waals surface area contributed by atoms with E-state index in [9.17, 15) is 4.79 Å². The number of fused-ring (bicyclic) bond motifs is 1. The fourth-order valence-electron chi connectivity index (χ4n) is 3.20. The number of amides is 1. The lowest BCUT2D eigenvalue weighted by Crippen LogP contribution is -2.32. The van der Waals surface area contributed by atoms with E-state index in [0.29, 0.717) is 0 Å². The van der Waals surface area contributed by atoms with Gasteiger partial charge in [0, 0.05) is 43.9 Å². The lowest BCUT2D eigenvalue weighted by molar-refractivity contribution is -0.133. The molecule has 0 spiro atoms. The predicted molar refractivity (Wildman–Crippen MR) is 92.7 cm³/mol. The number of carbonyl (C=O) groups excluding carboxylic acids is 1. The first-order valence-electron chi connectivity index (χ1n) is 8.58. The summed E-state index contributed by atoms with van der Waals surface area (Å²) in [6.07, 6.45) is 4.37. The van der Waals surface area contributed by atoms with Crippen molar-refractivity contribution in [3.05, 3.63) is 18.1 Å². The average Bonchev–Trinajstić information content (AvgIpc) is 3.17. The molecule has 7 nitrogen and oxygen atoms in total. The van der Waals surface area contributed by atoms with Crippen LogP contribution in [0.2, 0.25) is 0 Å². The Morgan fingerprint density at radius 2 is 2.08 bits per heavy atom. The molecule has 24 heavy (non-hydrogen) atoms. The third-order valence-electron chi connectivity index (χ3n) is 4.53. The Hall–Kier alpha value is -2.02. The molecule has 1 atom stereocenters. The van der Waals surface area contributed by atoms with Gasteiger partial charge in [0.2, 0.25) is 5.91 Å². The maximum absolute atomic E-state index is 12.2. The zero-order valence-corrected chi connectivity index (χ0v) is 14.9. The van der Waals surface area contributed by atoms with E-state index in [4.69, 9.17) is 5.10 Å². The van der Waals surface area contributed by atoms with Crippen LogP contribution < -0.4 is 0 Å². The van der Waals surface area contributed by atoms with E-state index >= 15 is 0 Å². The summed E-state index contributed by atoms with van der Waals surface area (Å²) in [6.45, 7) is 7.11. The molecule has 1 saturated heterocycles. The Morgan fingerprint density at radius 1 is 1.33 bits per heavy atom. The number of nitrogens with zero attached hydrogens (tertiary/aromatic N) is 6. The number of likely N-dealkylation sites (tertiary alicyclic amines) is 1. The van der Waals surface area contributed by atoms with Crippen LogP contribution in [-0.2, 0) is 11.3 Å². The summed E-state index contributed by atoms with van der Waals surface area (Å²) in [5.41, 5.74) is 2.69. The van der Waals surface area contributed by atoms with Gasteiger partial charge in [0.15, 0.2) is 5.65 Å². The van der Waals surface area contributed by atoms with Gasteiger partial charge in [-0.2, -0.15) is 5.10 Å². The minimum atomic E-state index is 0.0398. The molecule has 1 aliphatic heterocycles. The van der Waals surface area contributed by atoms with E-state index in [-0.39, 0.29) is 17.7 Å². The molecule has 2 aromatic rings. The van der Waals surface area contributed by atoms with Crippen LogP contribution >= 0.6 is 0 Å². The molecular weight excluding hydrogens is 304 g/mol. The maximum Gasteiger partial charge on any atom is 0.225 e. The van der Waals surface area contributed by atoms with Crippen molar-refractivity contribution in [2.24, 2.45) is 5.92 Å². The van der Waals surface area contributed by atoms with Gasteiger partial charge in [-0.25, -0.2) is 14.6 Å². The zero-order chi connectivity index (χ0) is 17.3. The van der Waals surface area contributed by atoms with Gasteiger partial charge in [-0.15, -0.1) is 0 Å². The summed E-state index contributed by atoms with van der Waals surface area (Å²) < 4.78 is 1.95. The lowest BCUT2D eigenvalue weighted by atomic mass is 10.0. The SMILES string of the molecule is CC(C)C(=O)N1CC[C@H](c2nn(CCN(C)C)c3nccnc23)C1. The molecule has 130 valence electrons. The maximum atomic E-state index is 12.2. The molecule has 0 bridgehead atoms. The van der Waals surface area contributed by atoms with Crippen LogP contribution in [0.25, 0.3) is 11.2 Å². The molecule has 0 N–H and O–H groups in total. The molecule has 1 fully saturated rings. The summed E-state index contributed by atoms with van der Waals surface area (Å²) >= 11 is 0. The second-order valence-electron chi connectivity index (χ2n) is 7.06. The predicted octanol–water partition coefficient (Wildman–Crippen LogP) is 1.36. The van der Waals surface area contributed by atoms with Gasteiger partial charge in [-0.1, -0.05) is 13.8 Å². The quantitative estimate of drug-likeness (QED) is 0.828. The van der Waals surface area contributed by atoms with Crippen LogP contribution in [0.1, 0.15) is 31.9 Å². The second-order valence-corrected chi connectivity index (χ2v) is 7.06. The minimum absolute atomic E-state index is 0.0398. The number of rotatable bonds is 5. The Balaban J connectivity index is 1.86. The lowest BCUT2D eigenvalue weighted by Gasteiger charge is -2.18. The Morgan fingerprint density at radius 3 is 2.79 bits per heavy atom. The first kappa shape index (κ1) is 16.8. The van der Waals surface area contributed by atoms with Gasteiger partial charge >= 0.3 is 0 Å². The highest BCUT2D eigenvalue weighted by Gasteiger charge is 2.32. The van der Waals surface area contributed by atoms with Crippen molar-refractivity contribution < 1.29 is 4.79 Å². The van der Waals surface area contributed by atoms with E-state index in [1.165, 1.54) is 0 Å². The van der Waals surface area contributed by atoms with Crippen LogP contribution in [0.3, 0.4) is 0 Å². The van der Waals surface area contributed by atoms with Gasteiger partial charge < -0.3 is 9.80 Å². The minimum Gasteiger partial charge on any atom is -0.342 e. The van der Waals surface area contributed by atoms with Gasteiger partial charge in [0.05, 0.1) is 12.2 Å². The molecule has 3 rings (SSSR count). The average molecular weight is 330 g/mol. The monoisotopic (exact) mass is 330 g/mol. The Bertz CT molecular complexity index is 723. The summed E-state index contributed by atoms with van der Waals surface area (Å²) in [5.74, 6) is 0.505. The molecule has 0 aliphatic carbocycles. The van der Waals surface area contributed by atoms with E-state index in [1.54, 1.807) is 12.4 Å². The van der Waals surface area contributed by atoms with E-state index < -0.39 is 0 Å². The topological polar surface area (TPSA) is 67.2 Å². The second kappa shape index (κ2) is 6.84. The van der Waals surface area contributed by atoms with E-state index in [0.717, 1.165) is 49.5 Å². The molecule has 0 radical (unpaired) electrons. The molecule has 2 aromatic heterocycles. The van der Waals surface area contributed by atoms with Crippen molar-refractivity contribution in [2.75, 3.05) is 33.7 Å². The highest BCUT2D eigenvalue weighted by atomic mass is 16.2. The largest absolute Gasteiger partial charge is 0.342 e. The van der Waals surface area contributed by atoms with Crippen LogP contribution in [-0.4, -0.2) is 69.2 Å². The van der Waals surface area contributed by atoms with Gasteiger partial charge in [0.25, 0.3) is 0 Å². The van der Waals surface area contributed by atoms with E-state index in [1.807, 2.05) is 37.5 Å². The number of carbonyl (C=O) groups is 1. The molecule has 0 saturated carbocycles. The molecule has 0 aromatic carbocycles. The summed E-state index contributed by atoms with van der Waals surface area (Å²) in [5, 5.41) is 4.81. The van der Waals surface area contributed by atoms with Gasteiger partial charge in [-0.3, -0.25) is 4.79 Å². The third kappa shape index (κ3) is 3.26. The number of hydrogen-bond acceptors (Lipinski definition) is 5. The van der Waals surface area contributed by atoms with Crippen molar-refractivity contribution in [1.29, 1.82) is 0 Å². The number of hydrogen-bond donors (Lipinski definition) is 0. The summed E-state index contributed by atoms with van der Waals surface area (Å²) in [7, 11) is 4.09. The Kier molecular flexibility index (Phi) is 4.80. The molecular formula is C17H26N6O. The summed E-state index contributed by atoms with van der Waals surface area (Å²) in [4.78, 5) is 25.3. The highest BCUT2D eigenvalue weighted by Crippen LogP contribution is 2.30. The number of aromatic nitrogens is 4. The summed E-state index contributed by atoms with van der Waals surface area (Å²) in [6, 6.07) is 0. The van der Waals surface area contributed by atoms with Gasteiger partial charge in [-0.05, 0) is 20.5 Å². The smallest absolute Gasteiger partial charge is 0.225 e. The molecule has 1 amide bonds. The normalized spacial score (nSPS) is 18.2. The molecule has 7 heteroatoms. The van der Waals surface area contributed by atoms with E-state index in [2.05, 4.69) is 14.9 Å². The van der Waals surface area contributed by atoms with Crippen molar-refractivity contribution in [1.82, 2.24) is 29.5 Å². The fourth-order valence-corrected chi connectivity index (χ4v) is 3.20. The van der Waals surface area contributed by atoms with Crippen molar-refractivity contribution in [3.63, 3.8) is 0 Å². The van der Waals surface area contributed by atoms with Crippen LogP contribution in [0.4, 0.5) is 0 Å². The third-order valence-corrected chi connectivity index (χ3v) is 4.53. The zero-order valence-electron chi connectivity index (χ0n) is 14.9. The first-order valence-corrected chi connectivity index (χ1v) is 8.58. The molecule has 1 aliphatic rings. The van der Waals surface area contributed by atoms with Crippen molar-refractivity contribution in [2.45, 2.75) is 32.7 Å².